The molecular formula is C14H25O5PS2. The highest BCUT2D eigenvalue weighted by molar-refractivity contribution is 8.26. The molecule has 0 aliphatic carbocycles. The van der Waals surface area contributed by atoms with Crippen LogP contribution in [0.25, 0.3) is 0 Å². The largest absolute Gasteiger partial charge is 0.458 e. The smallest absolute Gasteiger partial charge is 0.357 e. The second-order valence-electron chi connectivity index (χ2n) is 5.52. The van der Waals surface area contributed by atoms with Crippen LogP contribution < -0.4 is 0 Å². The van der Waals surface area contributed by atoms with Crippen molar-refractivity contribution < 1.29 is 23.1 Å². The molecule has 1 rings (SSSR count). The van der Waals surface area contributed by atoms with Crippen LogP contribution in [0.5, 0.6) is 0 Å². The minimum absolute atomic E-state index is 0.229. The molecule has 0 radical (unpaired) electrons. The molecule has 0 unspecified atom stereocenters. The van der Waals surface area contributed by atoms with Gasteiger partial charge in [-0.05, 0) is 45.4 Å². The van der Waals surface area contributed by atoms with Gasteiger partial charge in [-0.1, -0.05) is 0 Å². The number of thioether (sulfide) groups is 2. The van der Waals surface area contributed by atoms with Crippen molar-refractivity contribution in [2.75, 3.05) is 6.26 Å². The Hall–Kier alpha value is 0.0600. The highest BCUT2D eigenvalue weighted by atomic mass is 32.2. The average Bonchev–Trinajstić information content (AvgIpc) is 2.35. The summed E-state index contributed by atoms with van der Waals surface area (Å²) in [5.74, 6) is -0.360. The van der Waals surface area contributed by atoms with E-state index in [0.29, 0.717) is 6.42 Å². The summed E-state index contributed by atoms with van der Waals surface area (Å²) in [6.45, 7) is 8.69. The molecule has 0 saturated heterocycles. The van der Waals surface area contributed by atoms with E-state index in [1.807, 2.05) is 39.4 Å². The first kappa shape index (κ1) is 20.1. The summed E-state index contributed by atoms with van der Waals surface area (Å²) in [5, 5.41) is 1.81. The summed E-state index contributed by atoms with van der Waals surface area (Å²) < 4.78 is 29.5. The summed E-state index contributed by atoms with van der Waals surface area (Å²) in [5.41, 5.74) is 0. The maximum atomic E-state index is 13.5. The average molecular weight is 368 g/mol. The Morgan fingerprint density at radius 2 is 1.86 bits per heavy atom. The predicted molar refractivity (Wildman–Crippen MR) is 93.2 cm³/mol. The first-order valence-electron chi connectivity index (χ1n) is 7.18. The lowest BCUT2D eigenvalue weighted by Crippen LogP contribution is -2.33. The van der Waals surface area contributed by atoms with E-state index in [9.17, 15) is 9.36 Å². The van der Waals surface area contributed by atoms with Gasteiger partial charge < -0.3 is 13.8 Å². The van der Waals surface area contributed by atoms with Gasteiger partial charge in [0.1, 0.15) is 6.10 Å². The van der Waals surface area contributed by atoms with Gasteiger partial charge in [-0.3, -0.25) is 9.36 Å². The molecule has 0 saturated carbocycles. The summed E-state index contributed by atoms with van der Waals surface area (Å²) >= 11 is 2.83. The minimum atomic E-state index is -3.44. The number of carbonyl (C=O) groups excluding carboxylic acids is 1. The van der Waals surface area contributed by atoms with E-state index in [4.69, 9.17) is 13.8 Å². The second-order valence-corrected chi connectivity index (χ2v) is 10.9. The fourth-order valence-electron chi connectivity index (χ4n) is 2.06. The van der Waals surface area contributed by atoms with E-state index >= 15 is 0 Å². The lowest BCUT2D eigenvalue weighted by Gasteiger charge is -2.41. The Bertz CT molecular complexity index is 452. The predicted octanol–water partition coefficient (Wildman–Crippen LogP) is 4.63. The molecule has 0 fully saturated rings. The number of hydrogen-bond donors (Lipinski definition) is 0. The lowest BCUT2D eigenvalue weighted by molar-refractivity contribution is -0.144. The van der Waals surface area contributed by atoms with Crippen molar-refractivity contribution >= 4 is 37.1 Å². The van der Waals surface area contributed by atoms with Gasteiger partial charge >= 0.3 is 13.6 Å². The summed E-state index contributed by atoms with van der Waals surface area (Å²) in [4.78, 5) is 11.2. The Morgan fingerprint density at radius 3 is 2.27 bits per heavy atom. The van der Waals surface area contributed by atoms with Crippen LogP contribution in [-0.4, -0.2) is 34.4 Å². The zero-order valence-corrected chi connectivity index (χ0v) is 16.4. The lowest BCUT2D eigenvalue weighted by atomic mass is 10.2. The molecule has 1 aliphatic rings. The quantitative estimate of drug-likeness (QED) is 0.479. The number of rotatable bonds is 7. The van der Waals surface area contributed by atoms with E-state index in [1.54, 1.807) is 6.08 Å². The number of hydrogen-bond acceptors (Lipinski definition) is 7. The Kier molecular flexibility index (Phi) is 7.53. The van der Waals surface area contributed by atoms with Crippen molar-refractivity contribution in [3.63, 3.8) is 0 Å². The van der Waals surface area contributed by atoms with Crippen LogP contribution in [0.2, 0.25) is 0 Å². The molecule has 0 bridgehead atoms. The molecule has 2 atom stereocenters. The maximum Gasteiger partial charge on any atom is 0.357 e. The van der Waals surface area contributed by atoms with Gasteiger partial charge in [0.25, 0.3) is 0 Å². The van der Waals surface area contributed by atoms with Crippen LogP contribution in [0.15, 0.2) is 11.5 Å². The van der Waals surface area contributed by atoms with Crippen molar-refractivity contribution in [2.24, 2.45) is 0 Å². The third-order valence-corrected chi connectivity index (χ3v) is 9.80. The first-order valence-corrected chi connectivity index (χ1v) is 10.8. The van der Waals surface area contributed by atoms with Gasteiger partial charge in [-0.2, -0.15) is 0 Å². The van der Waals surface area contributed by atoms with Crippen LogP contribution in [0, 0.1) is 0 Å². The standard InChI is InChI=1S/C14H25O5PS2/c1-10(2)18-20(16,19-11(3)4)14(21-6)9-13(7-8-22-14)17-12(5)15/h7-8,10-11,13H,9H2,1-6H3/t13-,14-/m1/s1. The van der Waals surface area contributed by atoms with Crippen LogP contribution in [0.4, 0.5) is 0 Å². The molecule has 0 aromatic rings. The topological polar surface area (TPSA) is 61.8 Å². The highest BCUT2D eigenvalue weighted by Gasteiger charge is 2.54. The number of carbonyl (C=O) groups is 1. The Labute approximate surface area is 141 Å². The van der Waals surface area contributed by atoms with Gasteiger partial charge in [0.05, 0.1) is 12.2 Å². The van der Waals surface area contributed by atoms with Crippen molar-refractivity contribution in [3.8, 4) is 0 Å². The first-order chi connectivity index (χ1) is 10.1. The molecule has 0 aromatic heterocycles. The molecule has 128 valence electrons. The van der Waals surface area contributed by atoms with Crippen molar-refractivity contribution in [1.29, 1.82) is 0 Å². The number of ether oxygens (including phenoxy) is 1. The molecule has 0 N–H and O–H groups in total. The van der Waals surface area contributed by atoms with E-state index in [2.05, 4.69) is 0 Å². The SMILES string of the molecule is CS[C@]1(P(=O)(OC(C)C)OC(C)C)C[C@H](OC(C)=O)C=CS1. The molecule has 1 aliphatic heterocycles. The normalized spacial score (nSPS) is 25.7. The molecule has 0 amide bonds. The highest BCUT2D eigenvalue weighted by Crippen LogP contribution is 2.73. The van der Waals surface area contributed by atoms with E-state index in [-0.39, 0.29) is 18.2 Å². The van der Waals surface area contributed by atoms with Crippen molar-refractivity contribution in [3.05, 3.63) is 11.5 Å². The third kappa shape index (κ3) is 5.03. The second kappa shape index (κ2) is 8.25. The molecular weight excluding hydrogens is 343 g/mol. The van der Waals surface area contributed by atoms with Crippen molar-refractivity contribution in [2.45, 2.75) is 63.2 Å². The summed E-state index contributed by atoms with van der Waals surface area (Å²) in [6, 6.07) is 0. The molecule has 0 aromatic carbocycles. The van der Waals surface area contributed by atoms with E-state index < -0.39 is 17.5 Å². The van der Waals surface area contributed by atoms with Gasteiger partial charge in [0.15, 0.2) is 3.82 Å². The van der Waals surface area contributed by atoms with Crippen LogP contribution in [0.3, 0.4) is 0 Å². The summed E-state index contributed by atoms with van der Waals surface area (Å²) in [7, 11) is -3.44. The number of esters is 1. The van der Waals surface area contributed by atoms with Crippen molar-refractivity contribution in [1.82, 2.24) is 0 Å². The van der Waals surface area contributed by atoms with Crippen LogP contribution in [-0.2, 0) is 23.1 Å². The molecule has 5 nitrogen and oxygen atoms in total. The fourth-order valence-corrected chi connectivity index (χ4v) is 7.66. The fraction of sp³-hybridized carbons (Fsp3) is 0.786. The monoisotopic (exact) mass is 368 g/mol. The van der Waals surface area contributed by atoms with Gasteiger partial charge in [0, 0.05) is 13.3 Å². The minimum Gasteiger partial charge on any atom is -0.458 e. The maximum absolute atomic E-state index is 13.5. The van der Waals surface area contributed by atoms with E-state index in [0.717, 1.165) is 0 Å². The molecule has 1 heterocycles. The molecule has 0 spiro atoms. The molecule has 22 heavy (non-hydrogen) atoms. The zero-order valence-electron chi connectivity index (χ0n) is 13.9. The van der Waals surface area contributed by atoms with Gasteiger partial charge in [-0.15, -0.1) is 23.5 Å². The molecule has 8 heteroatoms. The van der Waals surface area contributed by atoms with Gasteiger partial charge in [0.2, 0.25) is 0 Å². The zero-order chi connectivity index (χ0) is 17.0. The van der Waals surface area contributed by atoms with Gasteiger partial charge in [-0.25, -0.2) is 0 Å². The van der Waals surface area contributed by atoms with E-state index in [1.165, 1.54) is 30.4 Å². The third-order valence-electron chi connectivity index (χ3n) is 2.76. The Balaban J connectivity index is 3.14. The van der Waals surface area contributed by atoms with Crippen LogP contribution >= 0.6 is 31.1 Å². The van der Waals surface area contributed by atoms with Crippen LogP contribution in [0.1, 0.15) is 41.0 Å². The summed E-state index contributed by atoms with van der Waals surface area (Å²) in [6.07, 6.45) is 3.17. The Morgan fingerprint density at radius 1 is 1.32 bits per heavy atom.